The van der Waals surface area contributed by atoms with Gasteiger partial charge in [-0.15, -0.1) is 11.3 Å². The minimum Gasteiger partial charge on any atom is -0.385 e. The molecular weight excluding hydrogens is 331 g/mol. The molecule has 1 heterocycles. The predicted molar refractivity (Wildman–Crippen MR) is 79.1 cm³/mol. The molecule has 0 fully saturated rings. The second kappa shape index (κ2) is 6.16. The molecule has 0 atom stereocenters. The second-order valence-electron chi connectivity index (χ2n) is 3.80. The highest BCUT2D eigenvalue weighted by molar-refractivity contribution is 9.11. The van der Waals surface area contributed by atoms with Crippen LogP contribution in [0.1, 0.15) is 15.2 Å². The van der Waals surface area contributed by atoms with Gasteiger partial charge in [-0.25, -0.2) is 4.39 Å². The molecule has 1 aromatic heterocycles. The first kappa shape index (κ1) is 14.0. The Morgan fingerprint density at radius 3 is 2.79 bits per heavy atom. The molecule has 19 heavy (non-hydrogen) atoms. The minimum atomic E-state index is -0.436. The van der Waals surface area contributed by atoms with Gasteiger partial charge < -0.3 is 10.6 Å². The van der Waals surface area contributed by atoms with Gasteiger partial charge in [-0.1, -0.05) is 6.07 Å². The first-order chi connectivity index (χ1) is 9.11. The van der Waals surface area contributed by atoms with Crippen molar-refractivity contribution in [2.75, 3.05) is 12.4 Å². The third-order valence-electron chi connectivity index (χ3n) is 2.56. The van der Waals surface area contributed by atoms with E-state index in [2.05, 4.69) is 26.6 Å². The highest BCUT2D eigenvalue weighted by atomic mass is 79.9. The highest BCUT2D eigenvalue weighted by Crippen LogP contribution is 2.22. The van der Waals surface area contributed by atoms with Crippen LogP contribution in [0.2, 0.25) is 0 Å². The van der Waals surface area contributed by atoms with Gasteiger partial charge in [-0.05, 0) is 40.2 Å². The van der Waals surface area contributed by atoms with Crippen LogP contribution in [0.3, 0.4) is 0 Å². The maximum atomic E-state index is 13.5. The van der Waals surface area contributed by atoms with Crippen LogP contribution in [0.4, 0.5) is 10.1 Å². The van der Waals surface area contributed by atoms with Gasteiger partial charge in [0.15, 0.2) is 0 Å². The van der Waals surface area contributed by atoms with Crippen LogP contribution < -0.4 is 10.6 Å². The van der Waals surface area contributed by atoms with E-state index >= 15 is 0 Å². The SMILES string of the molecule is CNc1c(F)cccc1C(=O)NCc1ccc(Br)s1. The van der Waals surface area contributed by atoms with Crippen LogP contribution in [0.15, 0.2) is 34.1 Å². The Labute approximate surface area is 123 Å². The minimum absolute atomic E-state index is 0.215. The van der Waals surface area contributed by atoms with Gasteiger partial charge in [-0.3, -0.25) is 4.79 Å². The molecular formula is C13H12BrFN2OS. The largest absolute Gasteiger partial charge is 0.385 e. The molecule has 0 spiro atoms. The topological polar surface area (TPSA) is 41.1 Å². The molecule has 0 bridgehead atoms. The number of rotatable bonds is 4. The summed E-state index contributed by atoms with van der Waals surface area (Å²) in [5.74, 6) is -0.734. The number of hydrogen-bond donors (Lipinski definition) is 2. The standard InChI is InChI=1S/C13H12BrFN2OS/c1-16-12-9(3-2-4-10(12)15)13(18)17-7-8-5-6-11(14)19-8/h2-6,16H,7H2,1H3,(H,17,18). The van der Waals surface area contributed by atoms with Crippen molar-refractivity contribution in [3.05, 3.63) is 50.4 Å². The van der Waals surface area contributed by atoms with E-state index in [0.29, 0.717) is 12.1 Å². The fourth-order valence-electron chi connectivity index (χ4n) is 1.68. The van der Waals surface area contributed by atoms with Gasteiger partial charge >= 0.3 is 0 Å². The number of carbonyl (C=O) groups excluding carboxylic acids is 1. The zero-order valence-electron chi connectivity index (χ0n) is 10.2. The summed E-state index contributed by atoms with van der Waals surface area (Å²) in [6.45, 7) is 0.425. The Morgan fingerprint density at radius 2 is 2.16 bits per heavy atom. The Morgan fingerprint density at radius 1 is 1.37 bits per heavy atom. The van der Waals surface area contributed by atoms with Crippen molar-refractivity contribution >= 4 is 38.9 Å². The lowest BCUT2D eigenvalue weighted by Crippen LogP contribution is -2.23. The Balaban J connectivity index is 2.10. The zero-order chi connectivity index (χ0) is 13.8. The van der Waals surface area contributed by atoms with Crippen molar-refractivity contribution < 1.29 is 9.18 Å². The average molecular weight is 343 g/mol. The maximum absolute atomic E-state index is 13.5. The normalized spacial score (nSPS) is 10.3. The summed E-state index contributed by atoms with van der Waals surface area (Å²) in [6.07, 6.45) is 0. The van der Waals surface area contributed by atoms with Crippen molar-refractivity contribution in [3.63, 3.8) is 0 Å². The number of thiophene rings is 1. The molecule has 2 N–H and O–H groups in total. The fourth-order valence-corrected chi connectivity index (χ4v) is 3.10. The summed E-state index contributed by atoms with van der Waals surface area (Å²) in [4.78, 5) is 13.1. The van der Waals surface area contributed by atoms with Crippen molar-refractivity contribution in [1.82, 2.24) is 5.32 Å². The van der Waals surface area contributed by atoms with Crippen molar-refractivity contribution in [3.8, 4) is 0 Å². The number of halogens is 2. The van der Waals surface area contributed by atoms with Crippen LogP contribution in [0, 0.1) is 5.82 Å². The van der Waals surface area contributed by atoms with Gasteiger partial charge in [0.25, 0.3) is 5.91 Å². The third-order valence-corrected chi connectivity index (χ3v) is 4.18. The summed E-state index contributed by atoms with van der Waals surface area (Å²) in [5.41, 5.74) is 0.519. The molecule has 3 nitrogen and oxygen atoms in total. The summed E-state index contributed by atoms with van der Waals surface area (Å²) in [5, 5.41) is 5.48. The summed E-state index contributed by atoms with van der Waals surface area (Å²) in [7, 11) is 1.59. The number of nitrogens with one attached hydrogen (secondary N) is 2. The summed E-state index contributed by atoms with van der Waals surface area (Å²) < 4.78 is 14.5. The van der Waals surface area contributed by atoms with Crippen molar-refractivity contribution in [2.24, 2.45) is 0 Å². The lowest BCUT2D eigenvalue weighted by molar-refractivity contribution is 0.0951. The first-order valence-electron chi connectivity index (χ1n) is 5.60. The third kappa shape index (κ3) is 3.33. The quantitative estimate of drug-likeness (QED) is 0.890. The summed E-state index contributed by atoms with van der Waals surface area (Å²) >= 11 is 4.91. The second-order valence-corrected chi connectivity index (χ2v) is 6.35. The highest BCUT2D eigenvalue weighted by Gasteiger charge is 2.13. The number of para-hydroxylation sites is 1. The Bertz CT molecular complexity index is 600. The van der Waals surface area contributed by atoms with Crippen LogP contribution in [-0.4, -0.2) is 13.0 Å². The number of benzene rings is 1. The smallest absolute Gasteiger partial charge is 0.253 e. The predicted octanol–water partition coefficient (Wildman–Crippen LogP) is 3.62. The molecule has 2 rings (SSSR count). The molecule has 1 aromatic carbocycles. The Hall–Kier alpha value is -1.40. The molecule has 0 saturated heterocycles. The van der Waals surface area contributed by atoms with Crippen LogP contribution in [0.5, 0.6) is 0 Å². The maximum Gasteiger partial charge on any atom is 0.253 e. The van der Waals surface area contributed by atoms with Crippen molar-refractivity contribution in [1.29, 1.82) is 0 Å². The van der Waals surface area contributed by atoms with E-state index in [0.717, 1.165) is 8.66 Å². The lowest BCUT2D eigenvalue weighted by atomic mass is 10.1. The molecule has 1 amide bonds. The lowest BCUT2D eigenvalue weighted by Gasteiger charge is -2.10. The molecule has 100 valence electrons. The van der Waals surface area contributed by atoms with E-state index < -0.39 is 5.82 Å². The molecule has 0 saturated carbocycles. The van der Waals surface area contributed by atoms with Gasteiger partial charge in [0.05, 0.1) is 21.6 Å². The first-order valence-corrected chi connectivity index (χ1v) is 7.21. The zero-order valence-corrected chi connectivity index (χ0v) is 12.6. The molecule has 0 radical (unpaired) electrons. The van der Waals surface area contributed by atoms with Crippen LogP contribution >= 0.6 is 27.3 Å². The van der Waals surface area contributed by atoms with E-state index in [1.807, 2.05) is 12.1 Å². The van der Waals surface area contributed by atoms with Gasteiger partial charge in [0.2, 0.25) is 0 Å². The van der Waals surface area contributed by atoms with Gasteiger partial charge in [-0.2, -0.15) is 0 Å². The molecule has 0 aliphatic rings. The Kier molecular flexibility index (Phi) is 4.55. The van der Waals surface area contributed by atoms with Crippen molar-refractivity contribution in [2.45, 2.75) is 6.54 Å². The monoisotopic (exact) mass is 342 g/mol. The fraction of sp³-hybridized carbons (Fsp3) is 0.154. The molecule has 2 aromatic rings. The number of carbonyl (C=O) groups is 1. The number of anilines is 1. The van der Waals surface area contributed by atoms with Crippen LogP contribution in [0.25, 0.3) is 0 Å². The summed E-state index contributed by atoms with van der Waals surface area (Å²) in [6, 6.07) is 8.29. The van der Waals surface area contributed by atoms with E-state index in [1.165, 1.54) is 12.1 Å². The van der Waals surface area contributed by atoms with E-state index in [-0.39, 0.29) is 11.6 Å². The van der Waals surface area contributed by atoms with Crippen LogP contribution in [-0.2, 0) is 6.54 Å². The molecule has 0 aliphatic heterocycles. The van der Waals surface area contributed by atoms with E-state index in [1.54, 1.807) is 24.5 Å². The average Bonchev–Trinajstić information content (AvgIpc) is 2.81. The van der Waals surface area contributed by atoms with E-state index in [9.17, 15) is 9.18 Å². The van der Waals surface area contributed by atoms with Gasteiger partial charge in [0, 0.05) is 11.9 Å². The molecule has 0 aliphatic carbocycles. The number of hydrogen-bond acceptors (Lipinski definition) is 3. The van der Waals surface area contributed by atoms with Gasteiger partial charge in [0.1, 0.15) is 5.82 Å². The number of amides is 1. The molecule has 6 heteroatoms. The molecule has 0 unspecified atom stereocenters. The van der Waals surface area contributed by atoms with E-state index in [4.69, 9.17) is 0 Å².